The normalized spacial score (nSPS) is 11.2. The maximum absolute atomic E-state index is 11.1. The number of esters is 1. The van der Waals surface area contributed by atoms with Gasteiger partial charge in [0.2, 0.25) is 0 Å². The van der Waals surface area contributed by atoms with E-state index in [1.54, 1.807) is 13.0 Å². The lowest BCUT2D eigenvalue weighted by Gasteiger charge is -2.03. The van der Waals surface area contributed by atoms with Crippen molar-refractivity contribution in [3.8, 4) is 0 Å². The van der Waals surface area contributed by atoms with Crippen molar-refractivity contribution in [1.29, 1.82) is 0 Å². The van der Waals surface area contributed by atoms with Crippen molar-refractivity contribution >= 4 is 5.97 Å². The quantitative estimate of drug-likeness (QED) is 0.268. The highest BCUT2D eigenvalue weighted by atomic mass is 16.5. The summed E-state index contributed by atoms with van der Waals surface area (Å²) in [6, 6.07) is 0. The monoisotopic (exact) mass is 212 g/mol. The lowest BCUT2D eigenvalue weighted by atomic mass is 10.1. The van der Waals surface area contributed by atoms with Gasteiger partial charge in [-0.15, -0.1) is 0 Å². The highest BCUT2D eigenvalue weighted by Gasteiger charge is 1.99. The molecule has 0 N–H and O–H groups in total. The first-order valence-electron chi connectivity index (χ1n) is 5.32. The molecule has 3 nitrogen and oxygen atoms in total. The summed E-state index contributed by atoms with van der Waals surface area (Å²) in [5.74, 6) is -0.302. The largest absolute Gasteiger partial charge is 0.463 e. The minimum atomic E-state index is -0.302. The molecule has 0 saturated heterocycles. The highest BCUT2D eigenvalue weighted by Crippen LogP contribution is 2.06. The van der Waals surface area contributed by atoms with Crippen LogP contribution < -0.4 is 0 Å². The van der Waals surface area contributed by atoms with Crippen LogP contribution in [-0.2, 0) is 14.3 Å². The van der Waals surface area contributed by atoms with Crippen molar-refractivity contribution in [2.45, 2.75) is 26.7 Å². The number of allylic oxidation sites excluding steroid dienone is 2. The number of hydrogen-bond acceptors (Lipinski definition) is 3. The molecule has 3 heteroatoms. The Morgan fingerprint density at radius 1 is 1.33 bits per heavy atom. The maximum atomic E-state index is 11.1. The summed E-state index contributed by atoms with van der Waals surface area (Å²) >= 11 is 0. The highest BCUT2D eigenvalue weighted by molar-refractivity contribution is 5.83. The molecule has 15 heavy (non-hydrogen) atoms. The van der Waals surface area contributed by atoms with Crippen LogP contribution >= 0.6 is 0 Å². The zero-order valence-corrected chi connectivity index (χ0v) is 9.62. The molecule has 0 aromatic carbocycles. The number of carbonyl (C=O) groups excluding carboxylic acids is 1. The van der Waals surface area contributed by atoms with Gasteiger partial charge in [-0.05, 0) is 32.3 Å². The van der Waals surface area contributed by atoms with Crippen molar-refractivity contribution in [2.24, 2.45) is 0 Å². The predicted molar refractivity (Wildman–Crippen MR) is 60.6 cm³/mol. The van der Waals surface area contributed by atoms with E-state index < -0.39 is 0 Å². The number of hydrogen-bond donors (Lipinski definition) is 0. The van der Waals surface area contributed by atoms with Crippen molar-refractivity contribution in [3.63, 3.8) is 0 Å². The second-order valence-corrected chi connectivity index (χ2v) is 2.98. The molecule has 0 spiro atoms. The summed E-state index contributed by atoms with van der Waals surface area (Å²) in [4.78, 5) is 11.1. The van der Waals surface area contributed by atoms with E-state index in [9.17, 15) is 4.79 Å². The Labute approximate surface area is 91.8 Å². The first-order valence-corrected chi connectivity index (χ1v) is 5.32. The average Bonchev–Trinajstić information content (AvgIpc) is 2.23. The van der Waals surface area contributed by atoms with Crippen LogP contribution in [0, 0.1) is 0 Å². The molecular weight excluding hydrogens is 192 g/mol. The molecule has 86 valence electrons. The van der Waals surface area contributed by atoms with Gasteiger partial charge in [0.15, 0.2) is 0 Å². The Hall–Kier alpha value is -1.09. The zero-order chi connectivity index (χ0) is 11.5. The molecule has 0 aromatic rings. The van der Waals surface area contributed by atoms with Crippen molar-refractivity contribution in [3.05, 3.63) is 24.3 Å². The van der Waals surface area contributed by atoms with E-state index in [1.807, 2.05) is 6.92 Å². The Balaban J connectivity index is 3.89. The smallest absolute Gasteiger partial charge is 0.331 e. The van der Waals surface area contributed by atoms with E-state index in [0.29, 0.717) is 13.2 Å². The summed E-state index contributed by atoms with van der Waals surface area (Å²) in [6.07, 6.45) is 4.86. The van der Waals surface area contributed by atoms with Gasteiger partial charge in [-0.2, -0.15) is 0 Å². The van der Waals surface area contributed by atoms with Gasteiger partial charge < -0.3 is 9.47 Å². The third-order valence-electron chi connectivity index (χ3n) is 1.81. The molecular formula is C12H20O3. The van der Waals surface area contributed by atoms with Crippen LogP contribution in [0.15, 0.2) is 24.3 Å². The molecule has 0 rings (SSSR count). The molecule has 0 aliphatic carbocycles. The molecule has 0 heterocycles. The van der Waals surface area contributed by atoms with Gasteiger partial charge in [-0.1, -0.05) is 12.7 Å². The van der Waals surface area contributed by atoms with Crippen LogP contribution in [0.2, 0.25) is 0 Å². The van der Waals surface area contributed by atoms with Crippen LogP contribution in [0.25, 0.3) is 0 Å². The summed E-state index contributed by atoms with van der Waals surface area (Å²) in [5.41, 5.74) is 0.896. The maximum Gasteiger partial charge on any atom is 0.331 e. The van der Waals surface area contributed by atoms with E-state index in [2.05, 4.69) is 6.58 Å². The fourth-order valence-corrected chi connectivity index (χ4v) is 1.09. The van der Waals surface area contributed by atoms with E-state index in [1.165, 1.54) is 6.08 Å². The average molecular weight is 212 g/mol. The third-order valence-corrected chi connectivity index (χ3v) is 1.81. The zero-order valence-electron chi connectivity index (χ0n) is 9.62. The van der Waals surface area contributed by atoms with Crippen LogP contribution in [0.3, 0.4) is 0 Å². The second kappa shape index (κ2) is 9.46. The fourth-order valence-electron chi connectivity index (χ4n) is 1.09. The van der Waals surface area contributed by atoms with E-state index in [4.69, 9.17) is 9.47 Å². The summed E-state index contributed by atoms with van der Waals surface area (Å²) in [7, 11) is 0. The Bertz CT molecular complexity index is 219. The van der Waals surface area contributed by atoms with E-state index in [0.717, 1.165) is 25.0 Å². The topological polar surface area (TPSA) is 35.5 Å². The molecule has 0 aliphatic rings. The van der Waals surface area contributed by atoms with Gasteiger partial charge in [0, 0.05) is 19.3 Å². The van der Waals surface area contributed by atoms with Crippen LogP contribution in [0.4, 0.5) is 0 Å². The summed E-state index contributed by atoms with van der Waals surface area (Å²) < 4.78 is 10.0. The Morgan fingerprint density at radius 3 is 2.60 bits per heavy atom. The lowest BCUT2D eigenvalue weighted by Crippen LogP contribution is -2.01. The molecule has 0 aromatic heterocycles. The fraction of sp³-hybridized carbons (Fsp3) is 0.583. The standard InChI is InChI=1S/C12H20O3/c1-4-11(8-7-9-14-5-2)10-12(13)15-6-3/h4,10H,1,5-9H2,2-3H3/b11-10+. The van der Waals surface area contributed by atoms with Crippen LogP contribution in [-0.4, -0.2) is 25.8 Å². The van der Waals surface area contributed by atoms with Crippen molar-refractivity contribution in [2.75, 3.05) is 19.8 Å². The molecule has 0 aliphatic heterocycles. The van der Waals surface area contributed by atoms with Crippen molar-refractivity contribution in [1.82, 2.24) is 0 Å². The number of ether oxygens (including phenoxy) is 2. The Kier molecular flexibility index (Phi) is 8.78. The molecule has 0 saturated carbocycles. The number of carbonyl (C=O) groups is 1. The molecule has 0 unspecified atom stereocenters. The summed E-state index contributed by atoms with van der Waals surface area (Å²) in [6.45, 7) is 9.25. The van der Waals surface area contributed by atoms with Gasteiger partial charge in [-0.25, -0.2) is 4.79 Å². The lowest BCUT2D eigenvalue weighted by molar-refractivity contribution is -0.137. The third kappa shape index (κ3) is 7.94. The Morgan fingerprint density at radius 2 is 2.07 bits per heavy atom. The first kappa shape index (κ1) is 13.9. The van der Waals surface area contributed by atoms with Crippen LogP contribution in [0.5, 0.6) is 0 Å². The van der Waals surface area contributed by atoms with Gasteiger partial charge in [0.1, 0.15) is 0 Å². The minimum Gasteiger partial charge on any atom is -0.463 e. The second-order valence-electron chi connectivity index (χ2n) is 2.98. The van der Waals surface area contributed by atoms with Gasteiger partial charge in [0.25, 0.3) is 0 Å². The molecule has 0 amide bonds. The SMILES string of the molecule is C=C/C(=C\C(=O)OCC)CCCOCC. The molecule has 0 bridgehead atoms. The number of rotatable bonds is 8. The van der Waals surface area contributed by atoms with Gasteiger partial charge >= 0.3 is 5.97 Å². The predicted octanol–water partition coefficient (Wildman–Crippen LogP) is 2.48. The van der Waals surface area contributed by atoms with Crippen molar-refractivity contribution < 1.29 is 14.3 Å². The molecule has 0 radical (unpaired) electrons. The molecule has 0 fully saturated rings. The molecule has 0 atom stereocenters. The first-order chi connectivity index (χ1) is 7.24. The summed E-state index contributed by atoms with van der Waals surface area (Å²) in [5, 5.41) is 0. The van der Waals surface area contributed by atoms with E-state index >= 15 is 0 Å². The van der Waals surface area contributed by atoms with Gasteiger partial charge in [-0.3, -0.25) is 0 Å². The van der Waals surface area contributed by atoms with Crippen LogP contribution in [0.1, 0.15) is 26.7 Å². The minimum absolute atomic E-state index is 0.302. The van der Waals surface area contributed by atoms with Gasteiger partial charge in [0.05, 0.1) is 6.61 Å². The van der Waals surface area contributed by atoms with E-state index in [-0.39, 0.29) is 5.97 Å².